The maximum absolute atomic E-state index is 13.1. The third-order valence-electron chi connectivity index (χ3n) is 3.38. The first-order chi connectivity index (χ1) is 10.1. The molecule has 0 N–H and O–H groups in total. The van der Waals surface area contributed by atoms with Gasteiger partial charge in [0.1, 0.15) is 5.82 Å². The van der Waals surface area contributed by atoms with Crippen LogP contribution >= 0.6 is 0 Å². The summed E-state index contributed by atoms with van der Waals surface area (Å²) in [6, 6.07) is 16.0. The summed E-state index contributed by atoms with van der Waals surface area (Å²) in [5.41, 5.74) is 1.72. The molecule has 0 spiro atoms. The SMILES string of the molecule is CN(CCCC(=O)c1ccccc1)Cc1cccc(F)c1. The number of ketones is 1. The molecular formula is C18H20FNO. The van der Waals surface area contributed by atoms with Crippen LogP contribution in [-0.4, -0.2) is 24.3 Å². The molecule has 0 aliphatic rings. The molecule has 2 aromatic rings. The van der Waals surface area contributed by atoms with Crippen molar-refractivity contribution in [2.75, 3.05) is 13.6 Å². The monoisotopic (exact) mass is 285 g/mol. The minimum Gasteiger partial charge on any atom is -0.302 e. The zero-order chi connectivity index (χ0) is 15.1. The van der Waals surface area contributed by atoms with E-state index in [1.807, 2.05) is 43.4 Å². The van der Waals surface area contributed by atoms with E-state index in [2.05, 4.69) is 4.90 Å². The van der Waals surface area contributed by atoms with E-state index in [4.69, 9.17) is 0 Å². The minimum atomic E-state index is -0.208. The van der Waals surface area contributed by atoms with Crippen molar-refractivity contribution < 1.29 is 9.18 Å². The van der Waals surface area contributed by atoms with Crippen LogP contribution in [0.4, 0.5) is 4.39 Å². The van der Waals surface area contributed by atoms with Crippen molar-refractivity contribution in [2.24, 2.45) is 0 Å². The van der Waals surface area contributed by atoms with Gasteiger partial charge in [-0.25, -0.2) is 4.39 Å². The molecule has 0 atom stereocenters. The molecule has 21 heavy (non-hydrogen) atoms. The summed E-state index contributed by atoms with van der Waals surface area (Å²) in [4.78, 5) is 14.1. The highest BCUT2D eigenvalue weighted by atomic mass is 19.1. The molecule has 0 amide bonds. The predicted octanol–water partition coefficient (Wildman–Crippen LogP) is 3.92. The van der Waals surface area contributed by atoms with E-state index >= 15 is 0 Å². The van der Waals surface area contributed by atoms with Crippen LogP contribution in [0.5, 0.6) is 0 Å². The van der Waals surface area contributed by atoms with Gasteiger partial charge in [-0.3, -0.25) is 4.79 Å². The van der Waals surface area contributed by atoms with Gasteiger partial charge in [-0.05, 0) is 37.7 Å². The first-order valence-corrected chi connectivity index (χ1v) is 7.16. The Labute approximate surface area is 125 Å². The summed E-state index contributed by atoms with van der Waals surface area (Å²) in [6.45, 7) is 1.51. The second kappa shape index (κ2) is 7.70. The molecule has 2 nitrogen and oxygen atoms in total. The van der Waals surface area contributed by atoms with E-state index in [0.717, 1.165) is 24.1 Å². The first kappa shape index (κ1) is 15.4. The quantitative estimate of drug-likeness (QED) is 0.719. The van der Waals surface area contributed by atoms with Gasteiger partial charge in [-0.1, -0.05) is 42.5 Å². The van der Waals surface area contributed by atoms with E-state index < -0.39 is 0 Å². The van der Waals surface area contributed by atoms with Gasteiger partial charge in [0.2, 0.25) is 0 Å². The standard InChI is InChI=1S/C18H20FNO/c1-20(14-15-7-5-10-17(19)13-15)12-6-11-18(21)16-8-3-2-4-9-16/h2-5,7-10,13H,6,11-12,14H2,1H3. The van der Waals surface area contributed by atoms with Crippen LogP contribution in [0.3, 0.4) is 0 Å². The van der Waals surface area contributed by atoms with Crippen molar-refractivity contribution in [3.63, 3.8) is 0 Å². The molecule has 2 rings (SSSR count). The molecule has 0 heterocycles. The highest BCUT2D eigenvalue weighted by Crippen LogP contribution is 2.09. The number of hydrogen-bond acceptors (Lipinski definition) is 2. The maximum atomic E-state index is 13.1. The zero-order valence-corrected chi connectivity index (χ0v) is 12.3. The topological polar surface area (TPSA) is 20.3 Å². The van der Waals surface area contributed by atoms with Crippen molar-refractivity contribution in [1.29, 1.82) is 0 Å². The van der Waals surface area contributed by atoms with E-state index in [1.54, 1.807) is 12.1 Å². The van der Waals surface area contributed by atoms with Crippen LogP contribution < -0.4 is 0 Å². The molecule has 0 radical (unpaired) electrons. The molecule has 2 aromatic carbocycles. The summed E-state index contributed by atoms with van der Waals surface area (Å²) in [5, 5.41) is 0. The Kier molecular flexibility index (Phi) is 5.64. The highest BCUT2D eigenvalue weighted by molar-refractivity contribution is 5.95. The molecule has 3 heteroatoms. The normalized spacial score (nSPS) is 10.8. The van der Waals surface area contributed by atoms with Crippen LogP contribution in [0.15, 0.2) is 54.6 Å². The number of nitrogens with zero attached hydrogens (tertiary/aromatic N) is 1. The number of carbonyl (C=O) groups is 1. The van der Waals surface area contributed by atoms with Gasteiger partial charge in [0.15, 0.2) is 5.78 Å². The molecule has 0 saturated carbocycles. The van der Waals surface area contributed by atoms with Crippen molar-refractivity contribution in [3.8, 4) is 0 Å². The Balaban J connectivity index is 1.74. The molecule has 0 saturated heterocycles. The van der Waals surface area contributed by atoms with Gasteiger partial charge in [0.25, 0.3) is 0 Å². The molecule has 0 bridgehead atoms. The lowest BCUT2D eigenvalue weighted by Crippen LogP contribution is -2.20. The Bertz CT molecular complexity index is 583. The average Bonchev–Trinajstić information content (AvgIpc) is 2.48. The number of rotatable bonds is 7. The zero-order valence-electron chi connectivity index (χ0n) is 12.3. The van der Waals surface area contributed by atoms with Gasteiger partial charge in [0, 0.05) is 18.5 Å². The van der Waals surface area contributed by atoms with Crippen molar-refractivity contribution in [2.45, 2.75) is 19.4 Å². The molecular weight excluding hydrogens is 265 g/mol. The van der Waals surface area contributed by atoms with Gasteiger partial charge in [0.05, 0.1) is 0 Å². The molecule has 0 aromatic heterocycles. The van der Waals surface area contributed by atoms with Gasteiger partial charge >= 0.3 is 0 Å². The van der Waals surface area contributed by atoms with E-state index in [0.29, 0.717) is 13.0 Å². The summed E-state index contributed by atoms with van der Waals surface area (Å²) in [5.74, 6) is -0.0325. The fourth-order valence-corrected chi connectivity index (χ4v) is 2.30. The van der Waals surface area contributed by atoms with Crippen LogP contribution in [-0.2, 0) is 6.54 Å². The van der Waals surface area contributed by atoms with E-state index in [9.17, 15) is 9.18 Å². The van der Waals surface area contributed by atoms with Crippen molar-refractivity contribution in [3.05, 3.63) is 71.5 Å². The lowest BCUT2D eigenvalue weighted by molar-refractivity contribution is 0.0976. The second-order valence-corrected chi connectivity index (χ2v) is 5.26. The van der Waals surface area contributed by atoms with Crippen molar-refractivity contribution in [1.82, 2.24) is 4.90 Å². The molecule has 0 fully saturated rings. The molecule has 0 unspecified atom stereocenters. The lowest BCUT2D eigenvalue weighted by atomic mass is 10.1. The van der Waals surface area contributed by atoms with Gasteiger partial charge < -0.3 is 4.90 Å². The van der Waals surface area contributed by atoms with Gasteiger partial charge in [-0.15, -0.1) is 0 Å². The molecule has 0 aliphatic carbocycles. The largest absolute Gasteiger partial charge is 0.302 e. The lowest BCUT2D eigenvalue weighted by Gasteiger charge is -2.16. The summed E-state index contributed by atoms with van der Waals surface area (Å²) >= 11 is 0. The third kappa shape index (κ3) is 5.12. The minimum absolute atomic E-state index is 0.176. The Morgan fingerprint density at radius 1 is 1.10 bits per heavy atom. The Morgan fingerprint density at radius 3 is 2.57 bits per heavy atom. The summed E-state index contributed by atoms with van der Waals surface area (Å²) in [6.07, 6.45) is 1.34. The van der Waals surface area contributed by atoms with Crippen LogP contribution in [0.2, 0.25) is 0 Å². The second-order valence-electron chi connectivity index (χ2n) is 5.26. The summed E-state index contributed by atoms with van der Waals surface area (Å²) < 4.78 is 13.1. The third-order valence-corrected chi connectivity index (χ3v) is 3.38. The fourth-order valence-electron chi connectivity index (χ4n) is 2.30. The van der Waals surface area contributed by atoms with Crippen molar-refractivity contribution >= 4 is 5.78 Å². The summed E-state index contributed by atoms with van der Waals surface area (Å²) in [7, 11) is 1.98. The number of hydrogen-bond donors (Lipinski definition) is 0. The predicted molar refractivity (Wildman–Crippen MR) is 82.7 cm³/mol. The van der Waals surface area contributed by atoms with Crippen LogP contribution in [0.1, 0.15) is 28.8 Å². The average molecular weight is 285 g/mol. The van der Waals surface area contributed by atoms with Crippen LogP contribution in [0.25, 0.3) is 0 Å². The number of carbonyl (C=O) groups excluding carboxylic acids is 1. The molecule has 0 aliphatic heterocycles. The Hall–Kier alpha value is -2.00. The van der Waals surface area contributed by atoms with E-state index in [1.165, 1.54) is 6.07 Å². The number of benzene rings is 2. The van der Waals surface area contributed by atoms with E-state index in [-0.39, 0.29) is 11.6 Å². The molecule has 110 valence electrons. The fraction of sp³-hybridized carbons (Fsp3) is 0.278. The first-order valence-electron chi connectivity index (χ1n) is 7.16. The smallest absolute Gasteiger partial charge is 0.162 e. The number of Topliss-reactive ketones (excluding diaryl/α,β-unsaturated/α-hetero) is 1. The maximum Gasteiger partial charge on any atom is 0.162 e. The highest BCUT2D eigenvalue weighted by Gasteiger charge is 2.06. The van der Waals surface area contributed by atoms with Crippen LogP contribution in [0, 0.1) is 5.82 Å². The Morgan fingerprint density at radius 2 is 1.86 bits per heavy atom. The van der Waals surface area contributed by atoms with Gasteiger partial charge in [-0.2, -0.15) is 0 Å². The number of halogens is 1.